The zero-order valence-electron chi connectivity index (χ0n) is 11.5. The van der Waals surface area contributed by atoms with Crippen molar-refractivity contribution >= 4 is 21.6 Å². The van der Waals surface area contributed by atoms with Crippen molar-refractivity contribution in [2.24, 2.45) is 5.73 Å². The number of ether oxygens (including phenoxy) is 1. The second-order valence-corrected chi connectivity index (χ2v) is 5.83. The van der Waals surface area contributed by atoms with E-state index < -0.39 is 0 Å². The van der Waals surface area contributed by atoms with Crippen LogP contribution in [0.4, 0.5) is 5.69 Å². The van der Waals surface area contributed by atoms with Crippen LogP contribution in [0, 0.1) is 11.3 Å². The Kier molecular flexibility index (Phi) is 5.84. The fraction of sp³-hybridized carbons (Fsp3) is 0.533. The molecule has 0 atom stereocenters. The third-order valence-corrected chi connectivity index (χ3v) is 4.24. The van der Waals surface area contributed by atoms with Gasteiger partial charge in [-0.1, -0.05) is 0 Å². The average Bonchev–Trinajstić information content (AvgIpc) is 2.48. The number of nitrogens with two attached hydrogens (primary N) is 1. The van der Waals surface area contributed by atoms with Crippen LogP contribution in [0.15, 0.2) is 22.7 Å². The molecule has 0 aromatic heterocycles. The molecule has 5 heteroatoms. The van der Waals surface area contributed by atoms with Gasteiger partial charge >= 0.3 is 0 Å². The van der Waals surface area contributed by atoms with E-state index in [4.69, 9.17) is 15.7 Å². The first-order valence-corrected chi connectivity index (χ1v) is 7.80. The zero-order chi connectivity index (χ0) is 14.4. The molecule has 1 heterocycles. The van der Waals surface area contributed by atoms with E-state index in [0.717, 1.165) is 49.1 Å². The van der Waals surface area contributed by atoms with Gasteiger partial charge in [0.1, 0.15) is 6.07 Å². The molecule has 20 heavy (non-hydrogen) atoms. The van der Waals surface area contributed by atoms with E-state index in [1.165, 1.54) is 0 Å². The molecule has 0 aliphatic carbocycles. The molecule has 1 saturated heterocycles. The van der Waals surface area contributed by atoms with Crippen LogP contribution in [-0.2, 0) is 4.74 Å². The Morgan fingerprint density at radius 2 is 2.15 bits per heavy atom. The van der Waals surface area contributed by atoms with Crippen molar-refractivity contribution in [1.29, 1.82) is 5.26 Å². The molecule has 0 bridgehead atoms. The summed E-state index contributed by atoms with van der Waals surface area (Å²) in [5, 5.41) is 8.94. The highest BCUT2D eigenvalue weighted by Gasteiger charge is 2.20. The lowest BCUT2D eigenvalue weighted by Gasteiger charge is -2.33. The molecule has 2 N–H and O–H groups in total. The molecule has 0 spiro atoms. The van der Waals surface area contributed by atoms with Gasteiger partial charge in [0.15, 0.2) is 0 Å². The normalized spacial score (nSPS) is 16.1. The van der Waals surface area contributed by atoms with Crippen molar-refractivity contribution in [1.82, 2.24) is 0 Å². The topological polar surface area (TPSA) is 62.3 Å². The number of nitriles is 1. The molecule has 2 rings (SSSR count). The molecule has 1 aliphatic heterocycles. The summed E-state index contributed by atoms with van der Waals surface area (Å²) < 4.78 is 6.67. The van der Waals surface area contributed by atoms with E-state index in [-0.39, 0.29) is 0 Å². The maximum Gasteiger partial charge on any atom is 0.100 e. The number of halogens is 1. The predicted molar refractivity (Wildman–Crippen MR) is 83.7 cm³/mol. The lowest BCUT2D eigenvalue weighted by molar-refractivity contribution is 0.0366. The van der Waals surface area contributed by atoms with Gasteiger partial charge in [-0.2, -0.15) is 5.26 Å². The van der Waals surface area contributed by atoms with Gasteiger partial charge in [0, 0.05) is 29.9 Å². The smallest absolute Gasteiger partial charge is 0.100 e. The van der Waals surface area contributed by atoms with E-state index in [1.54, 1.807) is 0 Å². The number of rotatable bonds is 5. The molecule has 0 amide bonds. The third kappa shape index (κ3) is 3.95. The Morgan fingerprint density at radius 1 is 1.40 bits per heavy atom. The highest BCUT2D eigenvalue weighted by atomic mass is 79.9. The fourth-order valence-corrected chi connectivity index (χ4v) is 2.86. The molecule has 1 aromatic rings. The highest BCUT2D eigenvalue weighted by Crippen LogP contribution is 2.26. The fourth-order valence-electron chi connectivity index (χ4n) is 2.41. The molecule has 0 unspecified atom stereocenters. The van der Waals surface area contributed by atoms with Crippen LogP contribution in [0.2, 0.25) is 0 Å². The summed E-state index contributed by atoms with van der Waals surface area (Å²) >= 11 is 3.44. The third-order valence-electron chi connectivity index (χ3n) is 3.58. The second kappa shape index (κ2) is 7.63. The summed E-state index contributed by atoms with van der Waals surface area (Å²) in [5.41, 5.74) is 7.30. The quantitative estimate of drug-likeness (QED) is 0.839. The minimum absolute atomic E-state index is 0.361. The number of hydrogen-bond acceptors (Lipinski definition) is 4. The molecule has 108 valence electrons. The van der Waals surface area contributed by atoms with Crippen LogP contribution in [-0.4, -0.2) is 32.3 Å². The van der Waals surface area contributed by atoms with E-state index in [1.807, 2.05) is 18.2 Å². The van der Waals surface area contributed by atoms with Gasteiger partial charge in [-0.25, -0.2) is 0 Å². The highest BCUT2D eigenvalue weighted by molar-refractivity contribution is 9.10. The van der Waals surface area contributed by atoms with E-state index in [2.05, 4.69) is 26.9 Å². The van der Waals surface area contributed by atoms with Gasteiger partial charge in [0.2, 0.25) is 0 Å². The summed E-state index contributed by atoms with van der Waals surface area (Å²) in [6, 6.07) is 8.06. The Hall–Kier alpha value is -1.09. The van der Waals surface area contributed by atoms with Crippen molar-refractivity contribution in [2.45, 2.75) is 25.4 Å². The van der Waals surface area contributed by atoms with Crippen molar-refractivity contribution in [3.63, 3.8) is 0 Å². The van der Waals surface area contributed by atoms with Crippen LogP contribution < -0.4 is 10.6 Å². The van der Waals surface area contributed by atoms with Gasteiger partial charge < -0.3 is 15.4 Å². The Balaban J connectivity index is 1.87. The first-order chi connectivity index (χ1) is 9.74. The molecule has 1 aliphatic rings. The maximum absolute atomic E-state index is 8.94. The molecule has 0 radical (unpaired) electrons. The molecular weight excluding hydrogens is 318 g/mol. The molecular formula is C15H20BrN3O. The lowest BCUT2D eigenvalue weighted by atomic mass is 10.1. The Morgan fingerprint density at radius 3 is 2.75 bits per heavy atom. The zero-order valence-corrected chi connectivity index (χ0v) is 13.1. The number of anilines is 1. The van der Waals surface area contributed by atoms with Gasteiger partial charge in [-0.05, 0) is 59.9 Å². The van der Waals surface area contributed by atoms with Crippen LogP contribution in [0.5, 0.6) is 0 Å². The van der Waals surface area contributed by atoms with Crippen LogP contribution >= 0.6 is 15.9 Å². The largest absolute Gasteiger partial charge is 0.378 e. The number of hydrogen-bond donors (Lipinski definition) is 1. The van der Waals surface area contributed by atoms with Gasteiger partial charge in [0.05, 0.1) is 11.7 Å². The summed E-state index contributed by atoms with van der Waals surface area (Å²) in [5.74, 6) is 0. The molecule has 4 nitrogen and oxygen atoms in total. The minimum Gasteiger partial charge on any atom is -0.378 e. The summed E-state index contributed by atoms with van der Waals surface area (Å²) in [4.78, 5) is 2.34. The van der Waals surface area contributed by atoms with Crippen LogP contribution in [0.3, 0.4) is 0 Å². The van der Waals surface area contributed by atoms with Crippen molar-refractivity contribution < 1.29 is 4.74 Å². The van der Waals surface area contributed by atoms with E-state index in [0.29, 0.717) is 18.2 Å². The first-order valence-electron chi connectivity index (χ1n) is 7.01. The molecule has 1 aromatic carbocycles. The average molecular weight is 338 g/mol. The second-order valence-electron chi connectivity index (χ2n) is 4.98. The summed E-state index contributed by atoms with van der Waals surface area (Å²) in [7, 11) is 0. The SMILES string of the molecule is N#Cc1ccc(N2CCC(OCCCN)CC2)cc1Br. The number of nitrogens with zero attached hydrogens (tertiary/aromatic N) is 2. The van der Waals surface area contributed by atoms with E-state index in [9.17, 15) is 0 Å². The lowest BCUT2D eigenvalue weighted by Crippen LogP contribution is -2.37. The Bertz CT molecular complexity index is 478. The van der Waals surface area contributed by atoms with Crippen molar-refractivity contribution in [3.05, 3.63) is 28.2 Å². The standard InChI is InChI=1S/C15H20BrN3O/c16-15-10-13(3-2-12(15)11-18)19-7-4-14(5-8-19)20-9-1-6-17/h2-3,10,14H,1,4-9,17H2. The summed E-state index contributed by atoms with van der Waals surface area (Å²) in [6.07, 6.45) is 3.38. The Labute approximate surface area is 128 Å². The van der Waals surface area contributed by atoms with Gasteiger partial charge in [0.25, 0.3) is 0 Å². The van der Waals surface area contributed by atoms with Gasteiger partial charge in [-0.15, -0.1) is 0 Å². The predicted octanol–water partition coefficient (Wildman–Crippen LogP) is 2.65. The number of piperidine rings is 1. The van der Waals surface area contributed by atoms with Crippen LogP contribution in [0.25, 0.3) is 0 Å². The number of benzene rings is 1. The van der Waals surface area contributed by atoms with Crippen LogP contribution in [0.1, 0.15) is 24.8 Å². The van der Waals surface area contributed by atoms with Crippen molar-refractivity contribution in [3.8, 4) is 6.07 Å². The molecule has 1 fully saturated rings. The maximum atomic E-state index is 8.94. The minimum atomic E-state index is 0.361. The first kappa shape index (κ1) is 15.3. The monoisotopic (exact) mass is 337 g/mol. The van der Waals surface area contributed by atoms with Gasteiger partial charge in [-0.3, -0.25) is 0 Å². The van der Waals surface area contributed by atoms with E-state index >= 15 is 0 Å². The van der Waals surface area contributed by atoms with Crippen molar-refractivity contribution in [2.75, 3.05) is 31.1 Å². The summed E-state index contributed by atoms with van der Waals surface area (Å²) in [6.45, 7) is 3.44. The molecule has 0 saturated carbocycles.